The first-order valence-electron chi connectivity index (χ1n) is 29.9. The van der Waals surface area contributed by atoms with E-state index in [1.807, 2.05) is 0 Å². The summed E-state index contributed by atoms with van der Waals surface area (Å²) in [5.41, 5.74) is 6.89. The zero-order valence-electron chi connectivity index (χ0n) is 47.5. The highest BCUT2D eigenvalue weighted by atomic mass is 16.5. The van der Waals surface area contributed by atoms with Gasteiger partial charge in [-0.1, -0.05) is 231 Å². The molecule has 0 amide bonds. The molecule has 73 heavy (non-hydrogen) atoms. The summed E-state index contributed by atoms with van der Waals surface area (Å²) in [6.45, 7) is 6.00. The lowest BCUT2D eigenvalue weighted by atomic mass is 9.92. The van der Waals surface area contributed by atoms with E-state index in [0.29, 0.717) is 19.6 Å². The van der Waals surface area contributed by atoms with Gasteiger partial charge in [0.1, 0.15) is 14.1 Å². The zero-order chi connectivity index (χ0) is 51.8. The van der Waals surface area contributed by atoms with Crippen molar-refractivity contribution in [3.05, 3.63) is 108 Å². The predicted molar refractivity (Wildman–Crippen MR) is 312 cm³/mol. The largest absolute Gasteiger partial charge is 0.493 e. The molecular weight excluding hydrogens is 897 g/mol. The van der Waals surface area contributed by atoms with Gasteiger partial charge >= 0.3 is 0 Å². The van der Waals surface area contributed by atoms with Crippen LogP contribution in [0.25, 0.3) is 23.3 Å². The maximum absolute atomic E-state index is 6.32. The van der Waals surface area contributed by atoms with E-state index in [0.717, 1.165) is 47.0 Å². The average molecular weight is 1000 g/mol. The van der Waals surface area contributed by atoms with Crippen molar-refractivity contribution in [3.63, 3.8) is 0 Å². The van der Waals surface area contributed by atoms with Crippen molar-refractivity contribution in [2.75, 3.05) is 27.4 Å². The smallest absolute Gasteiger partial charge is 0.169 e. The first-order chi connectivity index (χ1) is 35.9. The number of pyridine rings is 2. The molecule has 0 spiro atoms. The predicted octanol–water partition coefficient (Wildman–Crippen LogP) is 18.8. The van der Waals surface area contributed by atoms with Crippen molar-refractivity contribution in [2.45, 2.75) is 226 Å². The number of nitrogens with zero attached hydrogens (tertiary/aromatic N) is 2. The van der Waals surface area contributed by atoms with Crippen molar-refractivity contribution >= 4 is 23.3 Å². The van der Waals surface area contributed by atoms with Gasteiger partial charge in [-0.2, -0.15) is 0 Å². The lowest BCUT2D eigenvalue weighted by molar-refractivity contribution is -0.671. The molecule has 2 aromatic carbocycles. The van der Waals surface area contributed by atoms with Gasteiger partial charge in [0.2, 0.25) is 0 Å². The van der Waals surface area contributed by atoms with Crippen molar-refractivity contribution in [3.8, 4) is 23.0 Å². The Hall–Kier alpha value is -4.58. The van der Waals surface area contributed by atoms with E-state index in [1.165, 1.54) is 215 Å². The van der Waals surface area contributed by atoms with E-state index in [2.05, 4.69) is 135 Å². The number of ether oxygens (including phenoxy) is 4. The highest BCUT2D eigenvalue weighted by Gasteiger charge is 2.14. The SMILES string of the molecule is CCCCCCCCCCCCCCCCCCOc1ccc(/C=C(/C/C(=C\c2ccc(OCCCCCCCCCCCCCCCCCC)c(OC)c2)c2cc[n+](C)cc2)c2cc[n+](C)cc2)cc1OC. The van der Waals surface area contributed by atoms with Gasteiger partial charge in [-0.15, -0.1) is 0 Å². The van der Waals surface area contributed by atoms with E-state index in [9.17, 15) is 0 Å². The van der Waals surface area contributed by atoms with Crippen molar-refractivity contribution in [1.82, 2.24) is 0 Å². The molecule has 6 heteroatoms. The molecule has 2 heterocycles. The maximum Gasteiger partial charge on any atom is 0.169 e. The van der Waals surface area contributed by atoms with E-state index in [1.54, 1.807) is 14.2 Å². The number of rotatable bonds is 44. The van der Waals surface area contributed by atoms with Crippen molar-refractivity contribution in [2.24, 2.45) is 14.1 Å². The van der Waals surface area contributed by atoms with Gasteiger partial charge in [-0.3, -0.25) is 0 Å². The van der Waals surface area contributed by atoms with E-state index in [4.69, 9.17) is 18.9 Å². The summed E-state index contributed by atoms with van der Waals surface area (Å²) in [6.07, 6.45) is 57.4. The second-order valence-electron chi connectivity index (χ2n) is 21.1. The van der Waals surface area contributed by atoms with Gasteiger partial charge in [-0.05, 0) is 76.9 Å². The fraction of sp³-hybridized carbons (Fsp3) is 0.612. The molecule has 0 fully saturated rings. The second kappa shape index (κ2) is 39.8. The van der Waals surface area contributed by atoms with Crippen LogP contribution in [0.3, 0.4) is 0 Å². The summed E-state index contributed by atoms with van der Waals surface area (Å²) in [5.74, 6) is 3.13. The number of hydrogen-bond donors (Lipinski definition) is 0. The standard InChI is InChI=1S/C67H104N2O4/c1-7-9-11-13-15-17-19-21-23-25-27-29-31-33-35-37-51-72-64-41-39-58(55-66(64)70-5)53-62(60-43-47-68(3)48-44-60)57-63(61-45-49-69(4)50-46-61)54-59-40-42-65(67(56-59)71-6)73-52-38-36-34-32-30-28-26-24-22-20-18-16-14-12-10-8-2/h39-50,53-56H,7-38,51-52,57H2,1-6H3/q+2/b62-53-,63-54+. The second-order valence-corrected chi connectivity index (χ2v) is 21.1. The molecule has 0 aliphatic rings. The molecule has 2 aromatic heterocycles. The number of hydrogen-bond acceptors (Lipinski definition) is 4. The molecule has 0 radical (unpaired) electrons. The number of benzene rings is 2. The van der Waals surface area contributed by atoms with Crippen LogP contribution >= 0.6 is 0 Å². The normalized spacial score (nSPS) is 11.9. The Morgan fingerprint density at radius 1 is 0.356 bits per heavy atom. The molecule has 4 aromatic rings. The maximum atomic E-state index is 6.32. The van der Waals surface area contributed by atoms with Gasteiger partial charge < -0.3 is 18.9 Å². The molecule has 0 unspecified atom stereocenters. The summed E-state index contributed by atoms with van der Waals surface area (Å²) in [4.78, 5) is 0. The third-order valence-electron chi connectivity index (χ3n) is 14.6. The third-order valence-corrected chi connectivity index (χ3v) is 14.6. The summed E-state index contributed by atoms with van der Waals surface area (Å²) < 4.78 is 28.7. The summed E-state index contributed by atoms with van der Waals surface area (Å²) in [6, 6.07) is 21.5. The highest BCUT2D eigenvalue weighted by molar-refractivity contribution is 5.93. The van der Waals surface area contributed by atoms with Crippen LogP contribution in [0.5, 0.6) is 23.0 Å². The Morgan fingerprint density at radius 2 is 0.630 bits per heavy atom. The Kier molecular flexibility index (Phi) is 33.3. The first-order valence-corrected chi connectivity index (χ1v) is 29.9. The van der Waals surface area contributed by atoms with E-state index in [-0.39, 0.29) is 0 Å². The summed E-state index contributed by atoms with van der Waals surface area (Å²) in [7, 11) is 7.61. The van der Waals surface area contributed by atoms with Crippen LogP contribution in [0.2, 0.25) is 0 Å². The molecule has 0 saturated heterocycles. The average Bonchev–Trinajstić information content (AvgIpc) is 3.40. The van der Waals surface area contributed by atoms with Gasteiger partial charge in [0.05, 0.1) is 27.4 Å². The fourth-order valence-electron chi connectivity index (χ4n) is 9.96. The van der Waals surface area contributed by atoms with Crippen molar-refractivity contribution < 1.29 is 28.1 Å². The van der Waals surface area contributed by atoms with Crippen LogP contribution in [0.1, 0.15) is 248 Å². The van der Waals surface area contributed by atoms with Crippen LogP contribution in [0.4, 0.5) is 0 Å². The Labute approximate surface area is 447 Å². The Bertz CT molecular complexity index is 1910. The quantitative estimate of drug-likeness (QED) is 0.0327. The van der Waals surface area contributed by atoms with Crippen LogP contribution in [0.15, 0.2) is 85.5 Å². The molecule has 0 aliphatic heterocycles. The molecule has 6 nitrogen and oxygen atoms in total. The minimum absolute atomic E-state index is 0.705. The molecule has 4 rings (SSSR count). The van der Waals surface area contributed by atoms with Gasteiger partial charge in [0.15, 0.2) is 47.8 Å². The molecular formula is C67H104N2O4+2. The van der Waals surface area contributed by atoms with Crippen molar-refractivity contribution in [1.29, 1.82) is 0 Å². The molecule has 0 saturated carbocycles. The van der Waals surface area contributed by atoms with Crippen LogP contribution in [-0.2, 0) is 14.1 Å². The molecule has 0 N–H and O–H groups in total. The van der Waals surface area contributed by atoms with Crippen LogP contribution < -0.4 is 28.1 Å². The van der Waals surface area contributed by atoms with Gasteiger partial charge in [-0.25, -0.2) is 9.13 Å². The number of unbranched alkanes of at least 4 members (excludes halogenated alkanes) is 30. The van der Waals surface area contributed by atoms with Crippen LogP contribution in [-0.4, -0.2) is 27.4 Å². The third kappa shape index (κ3) is 27.0. The Balaban J connectivity index is 1.29. The van der Waals surface area contributed by atoms with Gasteiger partial charge in [0, 0.05) is 24.3 Å². The zero-order valence-corrected chi connectivity index (χ0v) is 47.5. The number of aromatic nitrogens is 2. The molecule has 0 bridgehead atoms. The monoisotopic (exact) mass is 1000 g/mol. The number of allylic oxidation sites excluding steroid dienone is 2. The highest BCUT2D eigenvalue weighted by Crippen LogP contribution is 2.36. The first kappa shape index (κ1) is 61.0. The van der Waals surface area contributed by atoms with E-state index < -0.39 is 0 Å². The topological polar surface area (TPSA) is 44.7 Å². The minimum Gasteiger partial charge on any atom is -0.493 e. The minimum atomic E-state index is 0.705. The lowest BCUT2D eigenvalue weighted by Crippen LogP contribution is -2.26. The summed E-state index contributed by atoms with van der Waals surface area (Å²) >= 11 is 0. The number of methoxy groups -OCH3 is 2. The van der Waals surface area contributed by atoms with Gasteiger partial charge in [0.25, 0.3) is 0 Å². The molecule has 404 valence electrons. The van der Waals surface area contributed by atoms with E-state index >= 15 is 0 Å². The Morgan fingerprint density at radius 3 is 0.904 bits per heavy atom. The molecule has 0 aliphatic carbocycles. The lowest BCUT2D eigenvalue weighted by Gasteiger charge is -2.15. The molecule has 0 atom stereocenters. The fourth-order valence-corrected chi connectivity index (χ4v) is 9.96. The summed E-state index contributed by atoms with van der Waals surface area (Å²) in [5, 5.41) is 0. The van der Waals surface area contributed by atoms with Crippen LogP contribution in [0, 0.1) is 0 Å². The number of aryl methyl sites for hydroxylation is 2.